The van der Waals surface area contributed by atoms with Gasteiger partial charge in [0, 0.05) is 18.8 Å². The number of anilines is 1. The maximum Gasteiger partial charge on any atom is 0.318 e. The quantitative estimate of drug-likeness (QED) is 0.607. The molecule has 3 heterocycles. The molecule has 2 aliphatic heterocycles. The lowest BCUT2D eigenvalue weighted by Crippen LogP contribution is -2.39. The Hall–Kier alpha value is -3.94. The Bertz CT molecular complexity index is 1130. The number of nitrogens with zero attached hydrogens (tertiary/aromatic N) is 1. The summed E-state index contributed by atoms with van der Waals surface area (Å²) in [6.07, 6.45) is 3.33. The van der Waals surface area contributed by atoms with E-state index >= 15 is 0 Å². The molecule has 2 N–H and O–H groups in total. The molecule has 1 fully saturated rings. The zero-order valence-corrected chi connectivity index (χ0v) is 18.1. The van der Waals surface area contributed by atoms with Crippen molar-refractivity contribution in [3.63, 3.8) is 0 Å². The van der Waals surface area contributed by atoms with Crippen LogP contribution in [0.5, 0.6) is 11.5 Å². The second-order valence-corrected chi connectivity index (χ2v) is 8.04. The number of hydrogen-bond donors (Lipinski definition) is 2. The summed E-state index contributed by atoms with van der Waals surface area (Å²) >= 11 is 0. The molecule has 5 rings (SSSR count). The van der Waals surface area contributed by atoms with Gasteiger partial charge in [-0.3, -0.25) is 4.79 Å². The molecular formula is C25H25N3O5. The Morgan fingerprint density at radius 1 is 1.00 bits per heavy atom. The number of carbonyl (C=O) groups excluding carboxylic acids is 2. The van der Waals surface area contributed by atoms with Gasteiger partial charge < -0.3 is 29.4 Å². The van der Waals surface area contributed by atoms with Crippen LogP contribution in [-0.4, -0.2) is 36.6 Å². The molecule has 170 valence electrons. The Balaban J connectivity index is 1.18. The number of benzene rings is 2. The van der Waals surface area contributed by atoms with Crippen molar-refractivity contribution < 1.29 is 23.5 Å². The van der Waals surface area contributed by atoms with Crippen LogP contribution in [0.3, 0.4) is 0 Å². The Morgan fingerprint density at radius 3 is 2.61 bits per heavy atom. The number of urea groups is 1. The third-order valence-electron chi connectivity index (χ3n) is 5.87. The highest BCUT2D eigenvalue weighted by molar-refractivity contribution is 6.02. The van der Waals surface area contributed by atoms with Gasteiger partial charge >= 0.3 is 6.03 Å². The SMILES string of the molecule is O=C(Nc1ccc(CNC(=O)N2CCC[C@H]2c2ccc3c(c2)OCCO3)cc1)c1ccco1. The first kappa shape index (κ1) is 20.9. The normalized spacial score (nSPS) is 17.0. The van der Waals surface area contributed by atoms with Crippen LogP contribution < -0.4 is 20.1 Å². The average molecular weight is 447 g/mol. The Morgan fingerprint density at radius 2 is 1.82 bits per heavy atom. The van der Waals surface area contributed by atoms with E-state index in [2.05, 4.69) is 10.6 Å². The molecule has 3 amide bonds. The maximum absolute atomic E-state index is 12.9. The van der Waals surface area contributed by atoms with Gasteiger partial charge in [0.15, 0.2) is 17.3 Å². The number of ether oxygens (including phenoxy) is 2. The summed E-state index contributed by atoms with van der Waals surface area (Å²) in [6.45, 7) is 2.20. The summed E-state index contributed by atoms with van der Waals surface area (Å²) in [6, 6.07) is 16.5. The highest BCUT2D eigenvalue weighted by Gasteiger charge is 2.30. The van der Waals surface area contributed by atoms with E-state index in [1.165, 1.54) is 6.26 Å². The predicted octanol–water partition coefficient (Wildman–Crippen LogP) is 4.35. The number of fused-ring (bicyclic) bond motifs is 1. The van der Waals surface area contributed by atoms with E-state index in [4.69, 9.17) is 13.9 Å². The Labute approximate surface area is 191 Å². The van der Waals surface area contributed by atoms with E-state index in [1.54, 1.807) is 24.3 Å². The molecule has 3 aromatic rings. The molecule has 1 atom stereocenters. The standard InChI is InChI=1S/C25H25N3O5/c29-24(22-4-2-12-31-22)27-19-8-5-17(6-9-19)16-26-25(30)28-11-1-3-20(28)18-7-10-21-23(15-18)33-14-13-32-21/h2,4-10,12,15,20H,1,3,11,13-14,16H2,(H,26,30)(H,27,29)/t20-/m0/s1. The second kappa shape index (κ2) is 9.28. The number of nitrogens with one attached hydrogen (secondary N) is 2. The molecule has 2 aromatic carbocycles. The van der Waals surface area contributed by atoms with Crippen molar-refractivity contribution in [2.45, 2.75) is 25.4 Å². The van der Waals surface area contributed by atoms with Crippen LogP contribution >= 0.6 is 0 Å². The summed E-state index contributed by atoms with van der Waals surface area (Å²) in [7, 11) is 0. The van der Waals surface area contributed by atoms with Gasteiger partial charge in [0.05, 0.1) is 12.3 Å². The Kier molecular flexibility index (Phi) is 5.89. The minimum Gasteiger partial charge on any atom is -0.486 e. The topological polar surface area (TPSA) is 93.0 Å². The lowest BCUT2D eigenvalue weighted by atomic mass is 10.0. The zero-order chi connectivity index (χ0) is 22.6. The van der Waals surface area contributed by atoms with E-state index in [1.807, 2.05) is 35.2 Å². The van der Waals surface area contributed by atoms with Gasteiger partial charge in [-0.05, 0) is 60.4 Å². The third-order valence-corrected chi connectivity index (χ3v) is 5.87. The van der Waals surface area contributed by atoms with E-state index in [0.29, 0.717) is 32.0 Å². The molecule has 33 heavy (non-hydrogen) atoms. The number of likely N-dealkylation sites (tertiary alicyclic amines) is 1. The van der Waals surface area contributed by atoms with Gasteiger partial charge in [0.2, 0.25) is 0 Å². The fourth-order valence-corrected chi connectivity index (χ4v) is 4.21. The first-order valence-corrected chi connectivity index (χ1v) is 11.1. The summed E-state index contributed by atoms with van der Waals surface area (Å²) < 4.78 is 16.4. The fourth-order valence-electron chi connectivity index (χ4n) is 4.21. The van der Waals surface area contributed by atoms with Gasteiger partial charge in [-0.2, -0.15) is 0 Å². The van der Waals surface area contributed by atoms with Crippen LogP contribution in [0.4, 0.5) is 10.5 Å². The number of amides is 3. The molecule has 8 nitrogen and oxygen atoms in total. The van der Waals surface area contributed by atoms with Crippen molar-refractivity contribution in [1.82, 2.24) is 10.2 Å². The molecule has 2 aliphatic rings. The lowest BCUT2D eigenvalue weighted by Gasteiger charge is -2.27. The number of hydrogen-bond acceptors (Lipinski definition) is 5. The van der Waals surface area contributed by atoms with Gasteiger partial charge in [-0.25, -0.2) is 4.79 Å². The average Bonchev–Trinajstić information content (AvgIpc) is 3.56. The molecule has 0 aliphatic carbocycles. The molecule has 0 spiro atoms. The van der Waals surface area contributed by atoms with E-state index in [0.717, 1.165) is 35.5 Å². The summed E-state index contributed by atoms with van der Waals surface area (Å²) in [4.78, 5) is 26.9. The van der Waals surface area contributed by atoms with E-state index < -0.39 is 0 Å². The molecule has 0 unspecified atom stereocenters. The van der Waals surface area contributed by atoms with Crippen LogP contribution in [0.25, 0.3) is 0 Å². The van der Waals surface area contributed by atoms with Crippen molar-refractivity contribution in [2.75, 3.05) is 25.1 Å². The van der Waals surface area contributed by atoms with Crippen molar-refractivity contribution in [2.24, 2.45) is 0 Å². The van der Waals surface area contributed by atoms with Crippen LogP contribution in [-0.2, 0) is 6.54 Å². The number of rotatable bonds is 5. The second-order valence-electron chi connectivity index (χ2n) is 8.04. The van der Waals surface area contributed by atoms with Crippen molar-refractivity contribution in [3.8, 4) is 11.5 Å². The van der Waals surface area contributed by atoms with Gasteiger partial charge in [-0.15, -0.1) is 0 Å². The number of carbonyl (C=O) groups is 2. The van der Waals surface area contributed by atoms with Crippen molar-refractivity contribution >= 4 is 17.6 Å². The smallest absolute Gasteiger partial charge is 0.318 e. The third kappa shape index (κ3) is 4.64. The monoisotopic (exact) mass is 447 g/mol. The molecule has 8 heteroatoms. The van der Waals surface area contributed by atoms with Gasteiger partial charge in [0.1, 0.15) is 13.2 Å². The first-order chi connectivity index (χ1) is 16.2. The zero-order valence-electron chi connectivity index (χ0n) is 18.1. The largest absolute Gasteiger partial charge is 0.486 e. The highest BCUT2D eigenvalue weighted by Crippen LogP contribution is 2.38. The van der Waals surface area contributed by atoms with Gasteiger partial charge in [0.25, 0.3) is 5.91 Å². The van der Waals surface area contributed by atoms with Crippen LogP contribution in [0, 0.1) is 0 Å². The first-order valence-electron chi connectivity index (χ1n) is 11.1. The summed E-state index contributed by atoms with van der Waals surface area (Å²) in [5.41, 5.74) is 2.66. The fraction of sp³-hybridized carbons (Fsp3) is 0.280. The summed E-state index contributed by atoms with van der Waals surface area (Å²) in [5.74, 6) is 1.44. The predicted molar refractivity (Wildman–Crippen MR) is 121 cm³/mol. The molecule has 1 saturated heterocycles. The lowest BCUT2D eigenvalue weighted by molar-refractivity contribution is 0.0996. The maximum atomic E-state index is 12.9. The molecular weight excluding hydrogens is 422 g/mol. The molecule has 0 radical (unpaired) electrons. The van der Waals surface area contributed by atoms with Crippen LogP contribution in [0.1, 0.15) is 40.6 Å². The van der Waals surface area contributed by atoms with Crippen molar-refractivity contribution in [3.05, 3.63) is 77.7 Å². The molecule has 1 aromatic heterocycles. The van der Waals surface area contributed by atoms with Crippen LogP contribution in [0.15, 0.2) is 65.3 Å². The van der Waals surface area contributed by atoms with E-state index in [9.17, 15) is 9.59 Å². The molecule has 0 bridgehead atoms. The number of furan rings is 1. The van der Waals surface area contributed by atoms with Crippen LogP contribution in [0.2, 0.25) is 0 Å². The minimum atomic E-state index is -0.305. The van der Waals surface area contributed by atoms with Crippen molar-refractivity contribution in [1.29, 1.82) is 0 Å². The molecule has 0 saturated carbocycles. The summed E-state index contributed by atoms with van der Waals surface area (Å²) in [5, 5.41) is 5.79. The van der Waals surface area contributed by atoms with Gasteiger partial charge in [-0.1, -0.05) is 18.2 Å². The highest BCUT2D eigenvalue weighted by atomic mass is 16.6. The van der Waals surface area contributed by atoms with E-state index in [-0.39, 0.29) is 23.7 Å². The minimum absolute atomic E-state index is 0.0139.